The lowest BCUT2D eigenvalue weighted by molar-refractivity contribution is 0.186. The maximum Gasteiger partial charge on any atom is 0.193 e. The summed E-state index contributed by atoms with van der Waals surface area (Å²) in [6.07, 6.45) is 2.65. The van der Waals surface area contributed by atoms with Crippen LogP contribution in [0.4, 0.5) is 0 Å². The van der Waals surface area contributed by atoms with Crippen LogP contribution in [0, 0.1) is 0 Å². The number of ether oxygens (including phenoxy) is 1. The van der Waals surface area contributed by atoms with E-state index in [-0.39, 0.29) is 6.54 Å². The van der Waals surface area contributed by atoms with E-state index < -0.39 is 6.10 Å². The number of halogens is 1. The molecule has 0 aliphatic heterocycles. The van der Waals surface area contributed by atoms with E-state index in [1.165, 1.54) is 0 Å². The van der Waals surface area contributed by atoms with Crippen LogP contribution in [-0.2, 0) is 0 Å². The molecule has 1 aromatic heterocycles. The van der Waals surface area contributed by atoms with Crippen LogP contribution in [-0.4, -0.2) is 54.2 Å². The lowest BCUT2D eigenvalue weighted by Crippen LogP contribution is -2.41. The van der Waals surface area contributed by atoms with Crippen LogP contribution in [0.3, 0.4) is 0 Å². The molecule has 2 N–H and O–H groups in total. The van der Waals surface area contributed by atoms with Crippen molar-refractivity contribution < 1.29 is 9.84 Å². The molecule has 140 valence electrons. The first-order valence-electron chi connectivity index (χ1n) is 8.56. The fourth-order valence-electron chi connectivity index (χ4n) is 2.30. The molecule has 0 spiro atoms. The Bertz CT molecular complexity index is 697. The van der Waals surface area contributed by atoms with Crippen molar-refractivity contribution in [3.8, 4) is 5.75 Å². The minimum absolute atomic E-state index is 0.270. The van der Waals surface area contributed by atoms with Gasteiger partial charge in [-0.15, -0.1) is 0 Å². The highest BCUT2D eigenvalue weighted by atomic mass is 35.5. The van der Waals surface area contributed by atoms with Gasteiger partial charge in [-0.3, -0.25) is 9.98 Å². The third-order valence-corrected chi connectivity index (χ3v) is 3.93. The van der Waals surface area contributed by atoms with Gasteiger partial charge in [-0.2, -0.15) is 0 Å². The highest BCUT2D eigenvalue weighted by Gasteiger charge is 2.10. The third kappa shape index (κ3) is 6.54. The Hall–Kier alpha value is -2.31. The standard InChI is InChI=1S/C19H25ClN4O2/c1-3-22-19(23-14-18(25)15-7-9-21-10-8-15)24(2)11-12-26-17-6-4-5-16(20)13-17/h4-10,13,18,25H,3,11-12,14H2,1-2H3,(H,22,23). The number of nitrogens with one attached hydrogen (secondary N) is 1. The summed E-state index contributed by atoms with van der Waals surface area (Å²) < 4.78 is 5.72. The summed E-state index contributed by atoms with van der Waals surface area (Å²) in [7, 11) is 1.93. The topological polar surface area (TPSA) is 70.0 Å². The molecule has 6 nitrogen and oxygen atoms in total. The van der Waals surface area contributed by atoms with E-state index in [9.17, 15) is 5.11 Å². The zero-order chi connectivity index (χ0) is 18.8. The minimum Gasteiger partial charge on any atom is -0.492 e. The van der Waals surface area contributed by atoms with Crippen LogP contribution in [0.5, 0.6) is 5.75 Å². The van der Waals surface area contributed by atoms with E-state index in [4.69, 9.17) is 16.3 Å². The fourth-order valence-corrected chi connectivity index (χ4v) is 2.48. The lowest BCUT2D eigenvalue weighted by Gasteiger charge is -2.22. The SMILES string of the molecule is CCNC(=NCC(O)c1ccncc1)N(C)CCOc1cccc(Cl)c1. The second kappa shape index (κ2) is 10.6. The summed E-state index contributed by atoms with van der Waals surface area (Å²) in [6, 6.07) is 10.9. The molecule has 0 saturated heterocycles. The molecule has 26 heavy (non-hydrogen) atoms. The van der Waals surface area contributed by atoms with Gasteiger partial charge in [-0.25, -0.2) is 0 Å². The number of benzene rings is 1. The molecule has 0 saturated carbocycles. The molecule has 2 aromatic rings. The number of hydrogen-bond donors (Lipinski definition) is 2. The van der Waals surface area contributed by atoms with Crippen LogP contribution in [0.2, 0.25) is 5.02 Å². The van der Waals surface area contributed by atoms with Crippen molar-refractivity contribution in [3.63, 3.8) is 0 Å². The van der Waals surface area contributed by atoms with E-state index in [0.29, 0.717) is 18.2 Å². The number of aliphatic hydroxyl groups excluding tert-OH is 1. The molecule has 7 heteroatoms. The number of pyridine rings is 1. The number of aliphatic imine (C=N–C) groups is 1. The Morgan fingerprint density at radius 1 is 1.35 bits per heavy atom. The number of likely N-dealkylation sites (N-methyl/N-ethyl adjacent to an activating group) is 1. The largest absolute Gasteiger partial charge is 0.492 e. The first kappa shape index (κ1) is 20.0. The van der Waals surface area contributed by atoms with Gasteiger partial charge in [-0.05, 0) is 42.8 Å². The Labute approximate surface area is 159 Å². The van der Waals surface area contributed by atoms with Crippen molar-refractivity contribution in [3.05, 3.63) is 59.4 Å². The third-order valence-electron chi connectivity index (χ3n) is 3.69. The van der Waals surface area contributed by atoms with Gasteiger partial charge in [0.2, 0.25) is 0 Å². The van der Waals surface area contributed by atoms with E-state index in [0.717, 1.165) is 23.8 Å². The number of hydrogen-bond acceptors (Lipinski definition) is 4. The Kier molecular flexibility index (Phi) is 8.18. The van der Waals surface area contributed by atoms with E-state index in [2.05, 4.69) is 15.3 Å². The van der Waals surface area contributed by atoms with Crippen molar-refractivity contribution in [2.75, 3.05) is 33.3 Å². The molecule has 0 fully saturated rings. The Morgan fingerprint density at radius 2 is 2.12 bits per heavy atom. The van der Waals surface area contributed by atoms with Crippen LogP contribution in [0.25, 0.3) is 0 Å². The molecule has 0 aliphatic rings. The molecular formula is C19H25ClN4O2. The van der Waals surface area contributed by atoms with Crippen molar-refractivity contribution in [1.82, 2.24) is 15.2 Å². The van der Waals surface area contributed by atoms with Crippen molar-refractivity contribution >= 4 is 17.6 Å². The smallest absolute Gasteiger partial charge is 0.193 e. The molecular weight excluding hydrogens is 352 g/mol. The average Bonchev–Trinajstić information content (AvgIpc) is 2.65. The number of aromatic nitrogens is 1. The van der Waals surface area contributed by atoms with Gasteiger partial charge in [0, 0.05) is 31.0 Å². The fraction of sp³-hybridized carbons (Fsp3) is 0.368. The minimum atomic E-state index is -0.664. The van der Waals surface area contributed by atoms with Gasteiger partial charge in [0.05, 0.1) is 19.2 Å². The number of rotatable bonds is 8. The molecule has 0 aliphatic carbocycles. The van der Waals surface area contributed by atoms with Crippen LogP contribution >= 0.6 is 11.6 Å². The van der Waals surface area contributed by atoms with Gasteiger partial charge in [-0.1, -0.05) is 17.7 Å². The predicted molar refractivity (Wildman–Crippen MR) is 105 cm³/mol. The second-order valence-corrected chi connectivity index (χ2v) is 6.15. The quantitative estimate of drug-likeness (QED) is 0.547. The normalized spacial score (nSPS) is 12.5. The van der Waals surface area contributed by atoms with Gasteiger partial charge < -0.3 is 20.1 Å². The maximum atomic E-state index is 10.3. The summed E-state index contributed by atoms with van der Waals surface area (Å²) in [4.78, 5) is 10.4. The van der Waals surface area contributed by atoms with E-state index >= 15 is 0 Å². The number of guanidine groups is 1. The summed E-state index contributed by atoms with van der Waals surface area (Å²) in [5.41, 5.74) is 0.798. The molecule has 0 bridgehead atoms. The first-order valence-corrected chi connectivity index (χ1v) is 8.93. The van der Waals surface area contributed by atoms with Gasteiger partial charge >= 0.3 is 0 Å². The molecule has 0 amide bonds. The van der Waals surface area contributed by atoms with Crippen molar-refractivity contribution in [2.45, 2.75) is 13.0 Å². The second-order valence-electron chi connectivity index (χ2n) is 5.72. The van der Waals surface area contributed by atoms with Crippen LogP contribution in [0.1, 0.15) is 18.6 Å². The monoisotopic (exact) mass is 376 g/mol. The number of nitrogens with zero attached hydrogens (tertiary/aromatic N) is 3. The van der Waals surface area contributed by atoms with Crippen LogP contribution in [0.15, 0.2) is 53.8 Å². The summed E-state index contributed by atoms with van der Waals surface area (Å²) in [5.74, 6) is 1.45. The first-order chi connectivity index (χ1) is 12.6. The summed E-state index contributed by atoms with van der Waals surface area (Å²) in [6.45, 7) is 4.15. The number of aliphatic hydroxyl groups is 1. The van der Waals surface area contributed by atoms with Gasteiger partial charge in [0.25, 0.3) is 0 Å². The molecule has 1 atom stereocenters. The molecule has 1 unspecified atom stereocenters. The molecule has 1 aromatic carbocycles. The lowest BCUT2D eigenvalue weighted by atomic mass is 10.1. The zero-order valence-electron chi connectivity index (χ0n) is 15.1. The zero-order valence-corrected chi connectivity index (χ0v) is 15.9. The van der Waals surface area contributed by atoms with Crippen molar-refractivity contribution in [1.29, 1.82) is 0 Å². The predicted octanol–water partition coefficient (Wildman–Crippen LogP) is 2.74. The highest BCUT2D eigenvalue weighted by molar-refractivity contribution is 6.30. The summed E-state index contributed by atoms with van der Waals surface area (Å²) in [5, 5.41) is 14.1. The van der Waals surface area contributed by atoms with E-state index in [1.807, 2.05) is 37.1 Å². The molecule has 1 heterocycles. The Balaban J connectivity index is 1.88. The van der Waals surface area contributed by atoms with Crippen LogP contribution < -0.4 is 10.1 Å². The maximum absolute atomic E-state index is 10.3. The average molecular weight is 377 g/mol. The molecule has 2 rings (SSSR count). The Morgan fingerprint density at radius 3 is 2.81 bits per heavy atom. The summed E-state index contributed by atoms with van der Waals surface area (Å²) >= 11 is 5.95. The van der Waals surface area contributed by atoms with Gasteiger partial charge in [0.1, 0.15) is 12.4 Å². The molecule has 0 radical (unpaired) electrons. The van der Waals surface area contributed by atoms with Gasteiger partial charge in [0.15, 0.2) is 5.96 Å². The highest BCUT2D eigenvalue weighted by Crippen LogP contribution is 2.17. The van der Waals surface area contributed by atoms with Crippen molar-refractivity contribution in [2.24, 2.45) is 4.99 Å². The van der Waals surface area contributed by atoms with E-state index in [1.54, 1.807) is 30.6 Å².